The van der Waals surface area contributed by atoms with Crippen molar-refractivity contribution in [1.29, 1.82) is 0 Å². The first-order valence-electron chi connectivity index (χ1n) is 8.85. The van der Waals surface area contributed by atoms with E-state index >= 15 is 0 Å². The summed E-state index contributed by atoms with van der Waals surface area (Å²) in [5, 5.41) is 19.3. The highest BCUT2D eigenvalue weighted by Crippen LogP contribution is 2.61. The van der Waals surface area contributed by atoms with Gasteiger partial charge < -0.3 is 10.2 Å². The van der Waals surface area contributed by atoms with Crippen molar-refractivity contribution < 1.29 is 15.0 Å². The molecular weight excluding hydrogens is 288 g/mol. The average molecular weight is 320 g/mol. The van der Waals surface area contributed by atoms with Crippen LogP contribution in [-0.4, -0.2) is 22.3 Å². The van der Waals surface area contributed by atoms with Crippen molar-refractivity contribution in [3.63, 3.8) is 0 Å². The van der Waals surface area contributed by atoms with Gasteiger partial charge in [0, 0.05) is 6.08 Å². The summed E-state index contributed by atoms with van der Waals surface area (Å²) in [5.74, 6) is 0.0548. The maximum Gasteiger partial charge on any atom is 0.328 e. The van der Waals surface area contributed by atoms with Crippen LogP contribution in [-0.2, 0) is 4.79 Å². The Kier molecular flexibility index (Phi) is 5.10. The van der Waals surface area contributed by atoms with Gasteiger partial charge in [0.1, 0.15) is 0 Å². The minimum absolute atomic E-state index is 0.0576. The molecule has 3 nitrogen and oxygen atoms in total. The van der Waals surface area contributed by atoms with Crippen molar-refractivity contribution in [3.05, 3.63) is 23.8 Å². The molecule has 0 aromatic carbocycles. The largest absolute Gasteiger partial charge is 0.478 e. The quantitative estimate of drug-likeness (QED) is 0.589. The van der Waals surface area contributed by atoms with Crippen molar-refractivity contribution in [3.8, 4) is 0 Å². The molecule has 2 saturated carbocycles. The molecule has 23 heavy (non-hydrogen) atoms. The Hall–Kier alpha value is -1.09. The fourth-order valence-electron chi connectivity index (χ4n) is 5.35. The normalized spacial score (nSPS) is 37.3. The Morgan fingerprint density at radius 3 is 2.61 bits per heavy atom. The third-order valence-corrected chi connectivity index (χ3v) is 6.75. The van der Waals surface area contributed by atoms with Crippen molar-refractivity contribution in [1.82, 2.24) is 0 Å². The third kappa shape index (κ3) is 3.40. The molecule has 4 atom stereocenters. The van der Waals surface area contributed by atoms with Crippen LogP contribution < -0.4 is 0 Å². The number of hydrogen-bond acceptors (Lipinski definition) is 2. The third-order valence-electron chi connectivity index (χ3n) is 6.75. The summed E-state index contributed by atoms with van der Waals surface area (Å²) < 4.78 is 0. The lowest BCUT2D eigenvalue weighted by Crippen LogP contribution is -2.54. The van der Waals surface area contributed by atoms with Crippen LogP contribution in [0.2, 0.25) is 0 Å². The summed E-state index contributed by atoms with van der Waals surface area (Å²) in [7, 11) is 0. The van der Waals surface area contributed by atoms with E-state index in [9.17, 15) is 9.90 Å². The van der Waals surface area contributed by atoms with Gasteiger partial charge in [0.15, 0.2) is 0 Å². The van der Waals surface area contributed by atoms with Gasteiger partial charge in [0.05, 0.1) is 6.10 Å². The molecule has 0 unspecified atom stereocenters. The van der Waals surface area contributed by atoms with Crippen LogP contribution in [0, 0.1) is 22.7 Å². The number of carboxylic acid groups (broad SMARTS) is 1. The molecule has 3 heteroatoms. The van der Waals surface area contributed by atoms with Gasteiger partial charge in [-0.3, -0.25) is 0 Å². The first kappa shape index (κ1) is 18.3. The van der Waals surface area contributed by atoms with Gasteiger partial charge >= 0.3 is 5.97 Å². The average Bonchev–Trinajstić information content (AvgIpc) is 2.42. The second-order valence-electron chi connectivity index (χ2n) is 8.55. The number of aliphatic hydroxyl groups excluding tert-OH is 1. The van der Waals surface area contributed by atoms with Gasteiger partial charge in [0.2, 0.25) is 0 Å². The summed E-state index contributed by atoms with van der Waals surface area (Å²) in [6, 6.07) is 0. The zero-order chi connectivity index (χ0) is 17.4. The van der Waals surface area contributed by atoms with E-state index in [1.165, 1.54) is 11.6 Å². The Morgan fingerprint density at radius 2 is 2.00 bits per heavy atom. The van der Waals surface area contributed by atoms with Crippen LogP contribution in [0.25, 0.3) is 0 Å². The van der Waals surface area contributed by atoms with Gasteiger partial charge in [-0.15, -0.1) is 0 Å². The second kappa shape index (κ2) is 6.43. The fraction of sp³-hybridized carbons (Fsp3) is 0.750. The molecule has 2 N–H and O–H groups in total. The highest BCUT2D eigenvalue weighted by molar-refractivity contribution is 5.80. The van der Waals surface area contributed by atoms with Crippen LogP contribution in [0.1, 0.15) is 66.2 Å². The molecular formula is C20H32O3. The highest BCUT2D eigenvalue weighted by Gasteiger charge is 2.55. The minimum atomic E-state index is -0.865. The number of rotatable bonds is 4. The van der Waals surface area contributed by atoms with Gasteiger partial charge in [-0.2, -0.15) is 0 Å². The Labute approximate surface area is 140 Å². The van der Waals surface area contributed by atoms with Gasteiger partial charge in [-0.05, 0) is 68.1 Å². The predicted octanol–water partition coefficient (Wildman–Crippen LogP) is 4.57. The maximum atomic E-state index is 10.8. The Morgan fingerprint density at radius 1 is 1.35 bits per heavy atom. The molecule has 0 aromatic rings. The van der Waals surface area contributed by atoms with Crippen LogP contribution in [0.3, 0.4) is 0 Å². The van der Waals surface area contributed by atoms with Gasteiger partial charge in [-0.25, -0.2) is 4.79 Å². The molecule has 0 heterocycles. The van der Waals surface area contributed by atoms with Crippen molar-refractivity contribution >= 4 is 5.97 Å². The van der Waals surface area contributed by atoms with E-state index in [0.29, 0.717) is 11.8 Å². The van der Waals surface area contributed by atoms with Crippen molar-refractivity contribution in [2.45, 2.75) is 72.3 Å². The number of allylic oxidation sites excluding steroid dienone is 2. The first-order chi connectivity index (χ1) is 10.6. The highest BCUT2D eigenvalue weighted by atomic mass is 16.4. The molecule has 0 saturated heterocycles. The molecule has 0 radical (unpaired) electrons. The lowest BCUT2D eigenvalue weighted by molar-refractivity contribution is -0.131. The molecule has 2 aliphatic carbocycles. The number of aliphatic carboxylic acids is 1. The monoisotopic (exact) mass is 320 g/mol. The zero-order valence-corrected chi connectivity index (χ0v) is 15.1. The maximum absolute atomic E-state index is 10.8. The second-order valence-corrected chi connectivity index (χ2v) is 8.55. The summed E-state index contributed by atoms with van der Waals surface area (Å²) in [6.07, 6.45) is 6.90. The molecule has 0 amide bonds. The van der Waals surface area contributed by atoms with Crippen LogP contribution >= 0.6 is 0 Å². The molecule has 2 fully saturated rings. The van der Waals surface area contributed by atoms with Crippen LogP contribution in [0.15, 0.2) is 23.8 Å². The number of fused-ring (bicyclic) bond motifs is 1. The Bertz CT molecular complexity index is 517. The summed E-state index contributed by atoms with van der Waals surface area (Å²) in [4.78, 5) is 10.8. The van der Waals surface area contributed by atoms with E-state index in [1.807, 2.05) is 6.92 Å². The van der Waals surface area contributed by atoms with E-state index in [4.69, 9.17) is 5.11 Å². The molecule has 0 aromatic heterocycles. The Balaban J connectivity index is 2.21. The lowest BCUT2D eigenvalue weighted by Gasteiger charge is -2.59. The number of carboxylic acids is 1. The van der Waals surface area contributed by atoms with Crippen LogP contribution in [0.4, 0.5) is 0 Å². The van der Waals surface area contributed by atoms with Gasteiger partial charge in [-0.1, -0.05) is 38.5 Å². The number of hydrogen-bond donors (Lipinski definition) is 2. The van der Waals surface area contributed by atoms with Crippen molar-refractivity contribution in [2.24, 2.45) is 22.7 Å². The fourth-order valence-corrected chi connectivity index (χ4v) is 5.35. The smallest absolute Gasteiger partial charge is 0.328 e. The molecule has 130 valence electrons. The molecule has 0 spiro atoms. The predicted molar refractivity (Wildman–Crippen MR) is 93.1 cm³/mol. The van der Waals surface area contributed by atoms with E-state index in [2.05, 4.69) is 27.4 Å². The molecule has 0 aliphatic heterocycles. The van der Waals surface area contributed by atoms with Gasteiger partial charge in [0.25, 0.3) is 0 Å². The van der Waals surface area contributed by atoms with E-state index in [1.54, 1.807) is 0 Å². The topological polar surface area (TPSA) is 57.5 Å². The molecule has 2 aliphatic rings. The summed E-state index contributed by atoms with van der Waals surface area (Å²) in [6.45, 7) is 13.0. The standard InChI is InChI=1S/C20H32O3/c1-13(12-18(22)23)6-8-15-14(2)7-9-16-19(3,4)17(21)10-11-20(15,16)5/h12,15-17,21H,2,6-11H2,1,3-5H3,(H,22,23)/b13-12+/t15-,16-,17-,20+/m1/s1. The van der Waals surface area contributed by atoms with E-state index in [-0.39, 0.29) is 16.9 Å². The van der Waals surface area contributed by atoms with E-state index in [0.717, 1.165) is 44.1 Å². The summed E-state index contributed by atoms with van der Waals surface area (Å²) in [5.41, 5.74) is 2.35. The van der Waals surface area contributed by atoms with Crippen molar-refractivity contribution in [2.75, 3.05) is 0 Å². The molecule has 2 rings (SSSR count). The zero-order valence-electron chi connectivity index (χ0n) is 15.1. The lowest BCUT2D eigenvalue weighted by atomic mass is 9.46. The number of aliphatic hydroxyl groups is 1. The summed E-state index contributed by atoms with van der Waals surface area (Å²) >= 11 is 0. The van der Waals surface area contributed by atoms with E-state index < -0.39 is 5.97 Å². The SMILES string of the molecule is C=C1CC[C@@H]2C(C)(C)[C@H](O)CC[C@@]2(C)[C@@H]1CC/C(C)=C/C(=O)O. The molecule has 0 bridgehead atoms. The minimum Gasteiger partial charge on any atom is -0.478 e. The number of carbonyl (C=O) groups is 1. The first-order valence-corrected chi connectivity index (χ1v) is 8.85. The van der Waals surface area contributed by atoms with Crippen LogP contribution in [0.5, 0.6) is 0 Å².